The normalized spacial score (nSPS) is 15.4. The molecule has 0 spiro atoms. The van der Waals surface area contributed by atoms with Crippen LogP contribution < -0.4 is 15.9 Å². The van der Waals surface area contributed by atoms with Crippen LogP contribution in [0.1, 0.15) is 0 Å². The van der Waals surface area contributed by atoms with E-state index in [0.717, 1.165) is 42.0 Å². The Morgan fingerprint density at radius 3 is 1.71 bits per heavy atom. The molecule has 1 aliphatic heterocycles. The molecule has 1 aliphatic rings. The van der Waals surface area contributed by atoms with Gasteiger partial charge >= 0.3 is 0 Å². The zero-order valence-electron chi connectivity index (χ0n) is 26.5. The molecule has 9 aromatic rings. The van der Waals surface area contributed by atoms with E-state index in [4.69, 9.17) is 0 Å². The lowest BCUT2D eigenvalue weighted by Gasteiger charge is -2.29. The van der Waals surface area contributed by atoms with Crippen LogP contribution in [0, 0.1) is 0 Å². The van der Waals surface area contributed by atoms with Crippen molar-refractivity contribution in [2.45, 2.75) is 9.79 Å². The number of hydrogen-bond donors (Lipinski definition) is 0. The van der Waals surface area contributed by atoms with Crippen LogP contribution in [0.2, 0.25) is 0 Å². The molecule has 0 radical (unpaired) electrons. The van der Waals surface area contributed by atoms with Gasteiger partial charge in [-0.15, -0.1) is 0 Å². The number of hydrogen-bond acceptors (Lipinski definition) is 2. The Morgan fingerprint density at radius 1 is 0.388 bits per heavy atom. The largest absolute Gasteiger partial charge is 0.309 e. The lowest BCUT2D eigenvalue weighted by atomic mass is 9.85. The quantitative estimate of drug-likeness (QED) is 0.139. The fourth-order valence-electron chi connectivity index (χ4n) is 7.88. The van der Waals surface area contributed by atoms with Gasteiger partial charge in [-0.1, -0.05) is 157 Å². The maximum absolute atomic E-state index is 16.0. The third-order valence-corrected chi connectivity index (χ3v) is 14.7. The molecule has 3 heteroatoms. The second-order valence-corrected chi connectivity index (χ2v) is 16.5. The van der Waals surface area contributed by atoms with Crippen molar-refractivity contribution in [2.75, 3.05) is 0 Å². The lowest BCUT2D eigenvalue weighted by Crippen LogP contribution is -2.30. The Bertz CT molecular complexity index is 2790. The van der Waals surface area contributed by atoms with E-state index in [1.54, 1.807) is 11.8 Å². The van der Waals surface area contributed by atoms with E-state index in [2.05, 4.69) is 164 Å². The van der Waals surface area contributed by atoms with Crippen LogP contribution >= 0.6 is 18.9 Å². The van der Waals surface area contributed by atoms with E-state index in [9.17, 15) is 0 Å². The summed E-state index contributed by atoms with van der Waals surface area (Å²) in [5.41, 5.74) is 4.73. The van der Waals surface area contributed by atoms with Gasteiger partial charge in [0.25, 0.3) is 0 Å². The zero-order valence-corrected chi connectivity index (χ0v) is 28.2. The molecule has 0 amide bonds. The van der Waals surface area contributed by atoms with Crippen molar-refractivity contribution in [3.05, 3.63) is 176 Å². The minimum absolute atomic E-state index is 0.873. The van der Waals surface area contributed by atoms with Crippen molar-refractivity contribution in [1.82, 2.24) is 0 Å². The third-order valence-electron chi connectivity index (χ3n) is 10.1. The first-order chi connectivity index (χ1) is 24.2. The molecular formula is C46H29OPS. The molecule has 0 aliphatic carbocycles. The average molecular weight is 661 g/mol. The summed E-state index contributed by atoms with van der Waals surface area (Å²) in [4.78, 5) is 2.12. The van der Waals surface area contributed by atoms with Crippen LogP contribution in [-0.2, 0) is 4.57 Å². The van der Waals surface area contributed by atoms with Gasteiger partial charge in [0, 0.05) is 25.7 Å². The van der Waals surface area contributed by atoms with Crippen LogP contribution in [0.5, 0.6) is 0 Å². The van der Waals surface area contributed by atoms with Crippen LogP contribution in [0.4, 0.5) is 0 Å². The predicted octanol–water partition coefficient (Wildman–Crippen LogP) is 11.7. The van der Waals surface area contributed by atoms with E-state index < -0.39 is 7.14 Å². The standard InChI is InChI=1S/C46H29OPS/c47-48(34-26-24-30-12-1-2-14-32(30)28-34)41-22-9-10-23-43(41)49-44-27-25-33(29-42(44)48)45-37-17-5-7-19-39(37)46(40-20-8-6-18-38(40)45)36-21-11-15-31-13-3-4-16-35(31)36/h1-29H. The Kier molecular flexibility index (Phi) is 6.46. The van der Waals surface area contributed by atoms with Gasteiger partial charge in [-0.2, -0.15) is 0 Å². The zero-order chi connectivity index (χ0) is 32.5. The summed E-state index contributed by atoms with van der Waals surface area (Å²) in [7, 11) is -3.22. The number of rotatable bonds is 3. The van der Waals surface area contributed by atoms with Crippen LogP contribution in [0.3, 0.4) is 0 Å². The Balaban J connectivity index is 1.27. The van der Waals surface area contributed by atoms with Gasteiger partial charge in [-0.3, -0.25) is 0 Å². The summed E-state index contributed by atoms with van der Waals surface area (Å²) in [5, 5.41) is 12.2. The van der Waals surface area contributed by atoms with Crippen molar-refractivity contribution >= 4 is 77.9 Å². The van der Waals surface area contributed by atoms with E-state index in [1.807, 2.05) is 12.1 Å². The minimum atomic E-state index is -3.22. The van der Waals surface area contributed by atoms with Gasteiger partial charge in [0.2, 0.25) is 0 Å². The molecule has 230 valence electrons. The smallest absolute Gasteiger partial charge is 0.173 e. The highest BCUT2D eigenvalue weighted by Gasteiger charge is 2.38. The van der Waals surface area contributed by atoms with Gasteiger partial charge < -0.3 is 4.57 Å². The molecule has 9 aromatic carbocycles. The second kappa shape index (κ2) is 11.1. The molecule has 0 saturated carbocycles. The van der Waals surface area contributed by atoms with E-state index in [-0.39, 0.29) is 0 Å². The number of benzene rings is 9. The lowest BCUT2D eigenvalue weighted by molar-refractivity contribution is 0.592. The Hall–Kier alpha value is -5.40. The Morgan fingerprint density at radius 2 is 0.959 bits per heavy atom. The number of fused-ring (bicyclic) bond motifs is 6. The Labute approximate surface area is 289 Å². The average Bonchev–Trinajstić information content (AvgIpc) is 3.16. The molecule has 10 rings (SSSR count). The van der Waals surface area contributed by atoms with Crippen LogP contribution in [-0.4, -0.2) is 0 Å². The van der Waals surface area contributed by atoms with Gasteiger partial charge in [-0.25, -0.2) is 0 Å². The molecule has 0 bridgehead atoms. The molecule has 0 N–H and O–H groups in total. The summed E-state index contributed by atoms with van der Waals surface area (Å²) < 4.78 is 16.0. The van der Waals surface area contributed by atoms with Crippen LogP contribution in [0.25, 0.3) is 65.3 Å². The maximum Gasteiger partial charge on any atom is 0.173 e. The first kappa shape index (κ1) is 28.6. The van der Waals surface area contributed by atoms with Crippen molar-refractivity contribution in [3.63, 3.8) is 0 Å². The molecule has 1 atom stereocenters. The maximum atomic E-state index is 16.0. The van der Waals surface area contributed by atoms with E-state index >= 15 is 4.57 Å². The molecule has 0 aromatic heterocycles. The minimum Gasteiger partial charge on any atom is -0.309 e. The first-order valence-corrected chi connectivity index (χ1v) is 19.1. The highest BCUT2D eigenvalue weighted by Crippen LogP contribution is 2.54. The van der Waals surface area contributed by atoms with Crippen molar-refractivity contribution in [2.24, 2.45) is 0 Å². The van der Waals surface area contributed by atoms with Gasteiger partial charge in [0.05, 0.1) is 0 Å². The molecule has 0 saturated heterocycles. The second-order valence-electron chi connectivity index (χ2n) is 12.8. The fourth-order valence-corrected chi connectivity index (χ4v) is 12.6. The van der Waals surface area contributed by atoms with Crippen LogP contribution in [0.15, 0.2) is 186 Å². The fraction of sp³-hybridized carbons (Fsp3) is 0. The van der Waals surface area contributed by atoms with Crippen molar-refractivity contribution in [1.29, 1.82) is 0 Å². The SMILES string of the molecule is O=P1(c2ccc3ccccc3c2)c2ccccc2Sc2ccc(-c3c4ccccc4c(-c4cccc5ccccc45)c4ccccc34)cc21. The topological polar surface area (TPSA) is 17.1 Å². The highest BCUT2D eigenvalue weighted by atomic mass is 32.2. The molecule has 0 fully saturated rings. The monoisotopic (exact) mass is 660 g/mol. The summed E-state index contributed by atoms with van der Waals surface area (Å²) >= 11 is 1.72. The molecule has 1 unspecified atom stereocenters. The van der Waals surface area contributed by atoms with Crippen molar-refractivity contribution < 1.29 is 4.57 Å². The highest BCUT2D eigenvalue weighted by molar-refractivity contribution is 8.02. The first-order valence-electron chi connectivity index (χ1n) is 16.6. The third kappa shape index (κ3) is 4.31. The van der Waals surface area contributed by atoms with Crippen molar-refractivity contribution in [3.8, 4) is 22.3 Å². The van der Waals surface area contributed by atoms with E-state index in [0.29, 0.717) is 0 Å². The molecule has 49 heavy (non-hydrogen) atoms. The van der Waals surface area contributed by atoms with Gasteiger partial charge in [0.1, 0.15) is 0 Å². The van der Waals surface area contributed by atoms with E-state index in [1.165, 1.54) is 49.0 Å². The van der Waals surface area contributed by atoms with Gasteiger partial charge in [0.15, 0.2) is 7.14 Å². The summed E-state index contributed by atoms with van der Waals surface area (Å²) in [6.07, 6.45) is 0. The summed E-state index contributed by atoms with van der Waals surface area (Å²) in [5.74, 6) is 0. The predicted molar refractivity (Wildman–Crippen MR) is 211 cm³/mol. The summed E-state index contributed by atoms with van der Waals surface area (Å²) in [6, 6.07) is 62.4. The van der Waals surface area contributed by atoms with Gasteiger partial charge in [-0.05, 0) is 95.7 Å². The summed E-state index contributed by atoms with van der Waals surface area (Å²) in [6.45, 7) is 0. The molecule has 1 nitrogen and oxygen atoms in total. The molecular weight excluding hydrogens is 632 g/mol. The molecule has 1 heterocycles.